The predicted molar refractivity (Wildman–Crippen MR) is 120 cm³/mol. The van der Waals surface area contributed by atoms with Gasteiger partial charge >= 0.3 is 0 Å². The van der Waals surface area contributed by atoms with Gasteiger partial charge in [-0.3, -0.25) is 4.98 Å². The van der Waals surface area contributed by atoms with Crippen LogP contribution in [0.25, 0.3) is 11.0 Å². The van der Waals surface area contributed by atoms with Crippen LogP contribution in [0.3, 0.4) is 0 Å². The number of methoxy groups -OCH3 is 1. The van der Waals surface area contributed by atoms with Gasteiger partial charge in [-0.15, -0.1) is 0 Å². The second-order valence-corrected chi connectivity index (χ2v) is 7.50. The van der Waals surface area contributed by atoms with Crippen molar-refractivity contribution in [3.05, 3.63) is 58.7 Å². The Balaban J connectivity index is 1.71. The molecule has 0 saturated heterocycles. The Kier molecular flexibility index (Phi) is 5.78. The highest BCUT2D eigenvalue weighted by Gasteiger charge is 2.17. The molecule has 0 aliphatic rings. The van der Waals surface area contributed by atoms with Gasteiger partial charge in [0.05, 0.1) is 36.6 Å². The smallest absolute Gasteiger partial charge is 0.223 e. The third-order valence-electron chi connectivity index (χ3n) is 5.04. The zero-order valence-electron chi connectivity index (χ0n) is 17.6. The number of nitrogens with zero attached hydrogens (tertiary/aromatic N) is 6. The SMILES string of the molecule is COc1c(C)cnc(Cn2cc(C#CCCn3ccnc3)c3c(Cl)nc(N)nc32)c1C. The molecule has 2 N–H and O–H groups in total. The van der Waals surface area contributed by atoms with E-state index in [4.69, 9.17) is 22.1 Å². The molecule has 4 heterocycles. The monoisotopic (exact) mass is 435 g/mol. The number of imidazole rings is 1. The quantitative estimate of drug-likeness (QED) is 0.381. The van der Waals surface area contributed by atoms with Gasteiger partial charge in [-0.1, -0.05) is 23.4 Å². The molecule has 4 rings (SSSR count). The van der Waals surface area contributed by atoms with E-state index in [0.29, 0.717) is 24.0 Å². The zero-order chi connectivity index (χ0) is 22.0. The Bertz CT molecular complexity index is 1300. The number of pyridine rings is 1. The average Bonchev–Trinajstić information content (AvgIpc) is 3.36. The molecule has 0 bridgehead atoms. The van der Waals surface area contributed by atoms with Crippen molar-refractivity contribution >= 4 is 28.6 Å². The van der Waals surface area contributed by atoms with Crippen molar-refractivity contribution in [2.75, 3.05) is 12.8 Å². The van der Waals surface area contributed by atoms with Crippen LogP contribution in [0.15, 0.2) is 31.1 Å². The van der Waals surface area contributed by atoms with E-state index in [1.54, 1.807) is 25.8 Å². The average molecular weight is 436 g/mol. The van der Waals surface area contributed by atoms with Crippen molar-refractivity contribution in [2.45, 2.75) is 33.4 Å². The van der Waals surface area contributed by atoms with Gasteiger partial charge in [0, 0.05) is 48.9 Å². The van der Waals surface area contributed by atoms with Crippen molar-refractivity contribution in [3.63, 3.8) is 0 Å². The van der Waals surface area contributed by atoms with E-state index in [9.17, 15) is 0 Å². The summed E-state index contributed by atoms with van der Waals surface area (Å²) >= 11 is 6.42. The standard InChI is InChI=1S/C22H22ClN7O/c1-14-10-26-17(15(2)19(14)31-3)12-30-11-16(6-4-5-8-29-9-7-25-13-29)18-20(23)27-22(24)28-21(18)30/h7,9-11,13H,5,8,12H2,1-3H3,(H2,24,27,28). The molecule has 0 amide bonds. The molecule has 4 aromatic rings. The topological polar surface area (TPSA) is 96.7 Å². The number of halogens is 1. The summed E-state index contributed by atoms with van der Waals surface area (Å²) in [6.45, 7) is 5.20. The van der Waals surface area contributed by atoms with Crippen LogP contribution < -0.4 is 10.5 Å². The van der Waals surface area contributed by atoms with Crippen LogP contribution in [0.1, 0.15) is 28.8 Å². The normalized spacial score (nSPS) is 10.8. The highest BCUT2D eigenvalue weighted by molar-refractivity contribution is 6.34. The second kappa shape index (κ2) is 8.66. The van der Waals surface area contributed by atoms with E-state index < -0.39 is 0 Å². The van der Waals surface area contributed by atoms with Crippen LogP contribution in [0.2, 0.25) is 5.15 Å². The summed E-state index contributed by atoms with van der Waals surface area (Å²) in [6, 6.07) is 0. The van der Waals surface area contributed by atoms with Crippen molar-refractivity contribution in [2.24, 2.45) is 0 Å². The fraction of sp³-hybridized carbons (Fsp3) is 0.273. The van der Waals surface area contributed by atoms with Crippen molar-refractivity contribution in [1.82, 2.24) is 29.1 Å². The van der Waals surface area contributed by atoms with E-state index in [0.717, 1.165) is 34.7 Å². The Labute approximate surface area is 185 Å². The summed E-state index contributed by atoms with van der Waals surface area (Å²) in [5, 5.41) is 0.967. The highest BCUT2D eigenvalue weighted by atomic mass is 35.5. The van der Waals surface area contributed by atoms with Crippen molar-refractivity contribution < 1.29 is 4.74 Å². The lowest BCUT2D eigenvalue weighted by molar-refractivity contribution is 0.406. The van der Waals surface area contributed by atoms with Crippen LogP contribution in [-0.4, -0.2) is 36.2 Å². The van der Waals surface area contributed by atoms with Gasteiger partial charge in [-0.2, -0.15) is 4.98 Å². The summed E-state index contributed by atoms with van der Waals surface area (Å²) in [4.78, 5) is 17.2. The van der Waals surface area contributed by atoms with E-state index in [-0.39, 0.29) is 11.1 Å². The molecule has 31 heavy (non-hydrogen) atoms. The first kappa shape index (κ1) is 20.7. The van der Waals surface area contributed by atoms with E-state index >= 15 is 0 Å². The molecule has 0 saturated carbocycles. The highest BCUT2D eigenvalue weighted by Crippen LogP contribution is 2.29. The number of aryl methyl sites for hydroxylation is 2. The number of nitrogen functional groups attached to an aromatic ring is 1. The minimum absolute atomic E-state index is 0.114. The molecule has 0 aliphatic carbocycles. The van der Waals surface area contributed by atoms with Gasteiger partial charge in [-0.05, 0) is 13.8 Å². The Morgan fingerprint density at radius 3 is 2.84 bits per heavy atom. The minimum Gasteiger partial charge on any atom is -0.496 e. The second-order valence-electron chi connectivity index (χ2n) is 7.14. The predicted octanol–water partition coefficient (Wildman–Crippen LogP) is 3.37. The molecular formula is C22H22ClN7O. The summed E-state index contributed by atoms with van der Waals surface area (Å²) in [5.41, 5.74) is 10.1. The van der Waals surface area contributed by atoms with E-state index in [2.05, 4.69) is 31.8 Å². The Morgan fingerprint density at radius 1 is 1.26 bits per heavy atom. The van der Waals surface area contributed by atoms with Crippen LogP contribution in [-0.2, 0) is 13.1 Å². The lowest BCUT2D eigenvalue weighted by Crippen LogP contribution is -2.07. The minimum atomic E-state index is 0.114. The van der Waals surface area contributed by atoms with Gasteiger partial charge in [0.15, 0.2) is 0 Å². The van der Waals surface area contributed by atoms with Gasteiger partial charge in [0.25, 0.3) is 0 Å². The fourth-order valence-corrected chi connectivity index (χ4v) is 3.80. The van der Waals surface area contributed by atoms with E-state index in [1.807, 2.05) is 35.4 Å². The molecule has 0 radical (unpaired) electrons. The molecule has 0 aromatic carbocycles. The molecule has 4 aromatic heterocycles. The third-order valence-corrected chi connectivity index (χ3v) is 5.31. The lowest BCUT2D eigenvalue weighted by Gasteiger charge is -2.13. The molecule has 158 valence electrons. The number of fused-ring (bicyclic) bond motifs is 1. The summed E-state index contributed by atoms with van der Waals surface area (Å²) < 4.78 is 9.46. The van der Waals surface area contributed by atoms with Crippen LogP contribution in [0.5, 0.6) is 5.75 Å². The third kappa shape index (κ3) is 4.18. The number of nitrogens with two attached hydrogens (primary N) is 1. The number of rotatable bonds is 5. The number of aromatic nitrogens is 6. The molecule has 0 atom stereocenters. The lowest BCUT2D eigenvalue weighted by atomic mass is 10.1. The van der Waals surface area contributed by atoms with Crippen LogP contribution >= 0.6 is 11.6 Å². The maximum atomic E-state index is 6.42. The molecule has 0 spiro atoms. The van der Waals surface area contributed by atoms with Crippen molar-refractivity contribution in [3.8, 4) is 17.6 Å². The zero-order valence-corrected chi connectivity index (χ0v) is 18.3. The first-order chi connectivity index (χ1) is 15.0. The number of hydrogen-bond donors (Lipinski definition) is 1. The summed E-state index contributed by atoms with van der Waals surface area (Å²) in [6.07, 6.45) is 9.83. The molecule has 8 nitrogen and oxygen atoms in total. The number of anilines is 1. The van der Waals surface area contributed by atoms with E-state index in [1.165, 1.54) is 0 Å². The van der Waals surface area contributed by atoms with Gasteiger partial charge in [0.2, 0.25) is 5.95 Å². The maximum absolute atomic E-state index is 6.42. The van der Waals surface area contributed by atoms with Crippen LogP contribution in [0.4, 0.5) is 5.95 Å². The van der Waals surface area contributed by atoms with Crippen LogP contribution in [0, 0.1) is 25.7 Å². The van der Waals surface area contributed by atoms with Crippen molar-refractivity contribution in [1.29, 1.82) is 0 Å². The molecular weight excluding hydrogens is 414 g/mol. The largest absolute Gasteiger partial charge is 0.496 e. The van der Waals surface area contributed by atoms with Gasteiger partial charge < -0.3 is 19.6 Å². The van der Waals surface area contributed by atoms with Gasteiger partial charge in [0.1, 0.15) is 16.5 Å². The molecule has 0 aliphatic heterocycles. The summed E-state index contributed by atoms with van der Waals surface area (Å²) in [7, 11) is 1.66. The number of hydrogen-bond acceptors (Lipinski definition) is 6. The first-order valence-corrected chi connectivity index (χ1v) is 10.1. The Hall–Kier alpha value is -3.57. The molecule has 0 fully saturated rings. The number of ether oxygens (including phenoxy) is 1. The fourth-order valence-electron chi connectivity index (χ4n) is 3.53. The maximum Gasteiger partial charge on any atom is 0.223 e. The molecule has 0 unspecified atom stereocenters. The molecule has 9 heteroatoms. The Morgan fingerprint density at radius 2 is 2.10 bits per heavy atom. The summed E-state index contributed by atoms with van der Waals surface area (Å²) in [5.74, 6) is 7.34. The van der Waals surface area contributed by atoms with Gasteiger partial charge in [-0.25, -0.2) is 9.97 Å². The first-order valence-electron chi connectivity index (χ1n) is 9.73.